The highest BCUT2D eigenvalue weighted by Crippen LogP contribution is 2.18. The summed E-state index contributed by atoms with van der Waals surface area (Å²) in [5.74, 6) is -0.356. The Bertz CT molecular complexity index is 414. The normalized spacial score (nSPS) is 20.0. The van der Waals surface area contributed by atoms with Gasteiger partial charge < -0.3 is 10.6 Å². The average molecular weight is 236 g/mol. The van der Waals surface area contributed by atoms with Crippen molar-refractivity contribution in [3.05, 3.63) is 29.6 Å². The molecule has 0 unspecified atom stereocenters. The molecule has 1 aromatic carbocycles. The van der Waals surface area contributed by atoms with Crippen molar-refractivity contribution in [3.8, 4) is 0 Å². The number of carbonyl (C=O) groups is 1. The first-order valence-corrected chi connectivity index (χ1v) is 5.94. The van der Waals surface area contributed by atoms with Gasteiger partial charge in [-0.15, -0.1) is 0 Å². The summed E-state index contributed by atoms with van der Waals surface area (Å²) in [4.78, 5) is 12.0. The van der Waals surface area contributed by atoms with Gasteiger partial charge in [0.2, 0.25) is 5.91 Å². The topological polar surface area (TPSA) is 41.1 Å². The average Bonchev–Trinajstić information content (AvgIpc) is 2.35. The largest absolute Gasteiger partial charge is 0.325 e. The Kier molecular flexibility index (Phi) is 3.74. The van der Waals surface area contributed by atoms with Crippen LogP contribution in [0.4, 0.5) is 10.1 Å². The second kappa shape index (κ2) is 5.27. The highest BCUT2D eigenvalue weighted by atomic mass is 19.1. The number of halogens is 1. The van der Waals surface area contributed by atoms with Gasteiger partial charge >= 0.3 is 0 Å². The molecule has 1 aliphatic heterocycles. The highest BCUT2D eigenvalue weighted by Gasteiger charge is 2.21. The first-order chi connectivity index (χ1) is 8.16. The quantitative estimate of drug-likeness (QED) is 0.825. The fourth-order valence-corrected chi connectivity index (χ4v) is 2.04. The van der Waals surface area contributed by atoms with Gasteiger partial charge in [0, 0.05) is 12.2 Å². The minimum absolute atomic E-state index is 0.00795. The van der Waals surface area contributed by atoms with Crippen molar-refractivity contribution >= 4 is 11.6 Å². The van der Waals surface area contributed by atoms with Gasteiger partial charge in [0.25, 0.3) is 0 Å². The Labute approximate surface area is 100 Å². The Hall–Kier alpha value is -1.42. The van der Waals surface area contributed by atoms with Crippen LogP contribution in [0, 0.1) is 18.7 Å². The van der Waals surface area contributed by atoms with Crippen molar-refractivity contribution in [3.63, 3.8) is 0 Å². The second-order valence-electron chi connectivity index (χ2n) is 4.49. The molecule has 0 radical (unpaired) electrons. The third-order valence-corrected chi connectivity index (χ3v) is 3.13. The van der Waals surface area contributed by atoms with Crippen molar-refractivity contribution in [2.75, 3.05) is 18.4 Å². The van der Waals surface area contributed by atoms with Crippen molar-refractivity contribution in [2.45, 2.75) is 19.8 Å². The van der Waals surface area contributed by atoms with Gasteiger partial charge in [-0.05, 0) is 44.0 Å². The molecule has 1 fully saturated rings. The molecule has 1 saturated heterocycles. The van der Waals surface area contributed by atoms with Crippen LogP contribution < -0.4 is 10.6 Å². The van der Waals surface area contributed by atoms with Crippen LogP contribution in [0.15, 0.2) is 18.2 Å². The van der Waals surface area contributed by atoms with Crippen LogP contribution >= 0.6 is 0 Å². The van der Waals surface area contributed by atoms with Crippen LogP contribution in [0.1, 0.15) is 18.4 Å². The van der Waals surface area contributed by atoms with Crippen LogP contribution in [-0.4, -0.2) is 19.0 Å². The Morgan fingerprint density at radius 3 is 3.06 bits per heavy atom. The molecule has 2 N–H and O–H groups in total. The molecule has 0 bridgehead atoms. The molecule has 0 spiro atoms. The molecule has 17 heavy (non-hydrogen) atoms. The monoisotopic (exact) mass is 236 g/mol. The third-order valence-electron chi connectivity index (χ3n) is 3.13. The van der Waals surface area contributed by atoms with Crippen molar-refractivity contribution in [2.24, 2.45) is 5.92 Å². The standard InChI is InChI=1S/C13H17FN2O/c1-9-4-5-11(14)7-12(9)16-13(17)10-3-2-6-15-8-10/h4-5,7,10,15H,2-3,6,8H2,1H3,(H,16,17)/t10-/m1/s1. The highest BCUT2D eigenvalue weighted by molar-refractivity contribution is 5.93. The zero-order valence-corrected chi connectivity index (χ0v) is 9.92. The zero-order valence-electron chi connectivity index (χ0n) is 9.92. The molecular weight excluding hydrogens is 219 g/mol. The van der Waals surface area contributed by atoms with Gasteiger partial charge in [-0.25, -0.2) is 4.39 Å². The number of anilines is 1. The van der Waals surface area contributed by atoms with Crippen molar-refractivity contribution < 1.29 is 9.18 Å². The molecule has 4 heteroatoms. The number of carbonyl (C=O) groups excluding carboxylic acids is 1. The van der Waals surface area contributed by atoms with E-state index in [-0.39, 0.29) is 17.6 Å². The number of piperidine rings is 1. The number of benzene rings is 1. The van der Waals surface area contributed by atoms with Crippen LogP contribution in [0.3, 0.4) is 0 Å². The minimum Gasteiger partial charge on any atom is -0.325 e. The molecule has 92 valence electrons. The number of rotatable bonds is 2. The van der Waals surface area contributed by atoms with E-state index >= 15 is 0 Å². The molecule has 1 aliphatic rings. The van der Waals surface area contributed by atoms with Gasteiger partial charge in [-0.2, -0.15) is 0 Å². The first-order valence-electron chi connectivity index (χ1n) is 5.94. The number of amides is 1. The first kappa shape index (κ1) is 12.0. The number of hydrogen-bond donors (Lipinski definition) is 2. The molecule has 1 heterocycles. The Morgan fingerprint density at radius 2 is 2.35 bits per heavy atom. The number of aryl methyl sites for hydroxylation is 1. The van der Waals surface area contributed by atoms with E-state index in [1.807, 2.05) is 6.92 Å². The van der Waals surface area contributed by atoms with Crippen LogP contribution in [0.5, 0.6) is 0 Å². The van der Waals surface area contributed by atoms with Gasteiger partial charge in [0.15, 0.2) is 0 Å². The molecule has 0 aromatic heterocycles. The molecule has 2 rings (SSSR count). The molecular formula is C13H17FN2O. The Morgan fingerprint density at radius 1 is 1.53 bits per heavy atom. The minimum atomic E-state index is -0.326. The fraction of sp³-hybridized carbons (Fsp3) is 0.462. The summed E-state index contributed by atoms with van der Waals surface area (Å²) in [6.07, 6.45) is 1.91. The van der Waals surface area contributed by atoms with Crippen molar-refractivity contribution in [1.29, 1.82) is 0 Å². The molecule has 1 aromatic rings. The van der Waals surface area contributed by atoms with Crippen LogP contribution in [0.2, 0.25) is 0 Å². The lowest BCUT2D eigenvalue weighted by Crippen LogP contribution is -2.37. The van der Waals surface area contributed by atoms with Crippen molar-refractivity contribution in [1.82, 2.24) is 5.32 Å². The lowest BCUT2D eigenvalue weighted by atomic mass is 9.98. The maximum absolute atomic E-state index is 13.1. The predicted molar refractivity (Wildman–Crippen MR) is 65.4 cm³/mol. The van der Waals surface area contributed by atoms with Gasteiger partial charge in [0.1, 0.15) is 5.82 Å². The maximum atomic E-state index is 13.1. The summed E-state index contributed by atoms with van der Waals surface area (Å²) in [7, 11) is 0. The second-order valence-corrected chi connectivity index (χ2v) is 4.49. The lowest BCUT2D eigenvalue weighted by molar-refractivity contribution is -0.120. The third kappa shape index (κ3) is 3.03. The smallest absolute Gasteiger partial charge is 0.228 e. The van der Waals surface area contributed by atoms with E-state index in [1.165, 1.54) is 12.1 Å². The number of hydrogen-bond acceptors (Lipinski definition) is 2. The van der Waals surface area contributed by atoms with E-state index in [0.717, 1.165) is 24.9 Å². The summed E-state index contributed by atoms with van der Waals surface area (Å²) >= 11 is 0. The molecule has 0 aliphatic carbocycles. The SMILES string of the molecule is Cc1ccc(F)cc1NC(=O)[C@@H]1CCCNC1. The number of nitrogens with one attached hydrogen (secondary N) is 2. The van der Waals surface area contributed by atoms with Crippen LogP contribution in [0.25, 0.3) is 0 Å². The molecule has 1 atom stereocenters. The van der Waals surface area contributed by atoms with E-state index in [4.69, 9.17) is 0 Å². The molecule has 3 nitrogen and oxygen atoms in total. The Balaban J connectivity index is 2.04. The van der Waals surface area contributed by atoms with Gasteiger partial charge in [0.05, 0.1) is 5.92 Å². The zero-order chi connectivity index (χ0) is 12.3. The maximum Gasteiger partial charge on any atom is 0.228 e. The molecule has 0 saturated carbocycles. The van der Waals surface area contributed by atoms with E-state index in [9.17, 15) is 9.18 Å². The lowest BCUT2D eigenvalue weighted by Gasteiger charge is -2.22. The summed E-state index contributed by atoms with van der Waals surface area (Å²) < 4.78 is 13.1. The summed E-state index contributed by atoms with van der Waals surface area (Å²) in [6.45, 7) is 3.54. The predicted octanol–water partition coefficient (Wildman–Crippen LogP) is 2.07. The van der Waals surface area contributed by atoms with Gasteiger partial charge in [-0.1, -0.05) is 6.07 Å². The summed E-state index contributed by atoms with van der Waals surface area (Å²) in [5.41, 5.74) is 1.45. The van der Waals surface area contributed by atoms with E-state index in [0.29, 0.717) is 12.2 Å². The van der Waals surface area contributed by atoms with Gasteiger partial charge in [-0.3, -0.25) is 4.79 Å². The summed E-state index contributed by atoms with van der Waals surface area (Å²) in [6, 6.07) is 4.43. The van der Waals surface area contributed by atoms with E-state index in [2.05, 4.69) is 10.6 Å². The van der Waals surface area contributed by atoms with E-state index < -0.39 is 0 Å². The van der Waals surface area contributed by atoms with E-state index in [1.54, 1.807) is 6.07 Å². The molecule has 1 amide bonds. The van der Waals surface area contributed by atoms with Crippen LogP contribution in [-0.2, 0) is 4.79 Å². The fourth-order valence-electron chi connectivity index (χ4n) is 2.04. The summed E-state index contributed by atoms with van der Waals surface area (Å²) in [5, 5.41) is 5.99.